The van der Waals surface area contributed by atoms with Gasteiger partial charge in [-0.05, 0) is 31.4 Å². The van der Waals surface area contributed by atoms with Crippen LogP contribution in [0.3, 0.4) is 0 Å². The lowest BCUT2D eigenvalue weighted by molar-refractivity contribution is -0.119. The van der Waals surface area contributed by atoms with E-state index in [-0.39, 0.29) is 11.9 Å². The van der Waals surface area contributed by atoms with E-state index < -0.39 is 0 Å². The molecule has 1 saturated heterocycles. The number of amides is 1. The van der Waals surface area contributed by atoms with E-state index in [2.05, 4.69) is 51.0 Å². The van der Waals surface area contributed by atoms with E-state index in [0.717, 1.165) is 42.7 Å². The number of carbonyl (C=O) groups excluding carboxylic acids is 1. The Morgan fingerprint density at radius 2 is 2.00 bits per heavy atom. The zero-order valence-electron chi connectivity index (χ0n) is 16.9. The van der Waals surface area contributed by atoms with E-state index in [4.69, 9.17) is 4.74 Å². The number of hydrogen-bond donors (Lipinski definition) is 1. The van der Waals surface area contributed by atoms with Crippen LogP contribution in [-0.4, -0.2) is 58.8 Å². The van der Waals surface area contributed by atoms with Gasteiger partial charge in [-0.25, -0.2) is 0 Å². The predicted molar refractivity (Wildman–Crippen MR) is 112 cm³/mol. The van der Waals surface area contributed by atoms with Crippen LogP contribution < -0.4 is 10.2 Å². The third-order valence-corrected chi connectivity index (χ3v) is 5.80. The summed E-state index contributed by atoms with van der Waals surface area (Å²) in [4.78, 5) is 14.4. The van der Waals surface area contributed by atoms with Gasteiger partial charge in [0.1, 0.15) is 0 Å². The normalized spacial score (nSPS) is 15.5. The fourth-order valence-corrected chi connectivity index (χ4v) is 3.86. The van der Waals surface area contributed by atoms with Crippen LogP contribution in [0.1, 0.15) is 32.8 Å². The molecule has 0 aliphatic carbocycles. The van der Waals surface area contributed by atoms with Gasteiger partial charge in [-0.3, -0.25) is 9.36 Å². The van der Waals surface area contributed by atoms with E-state index in [9.17, 15) is 4.79 Å². The number of aromatic nitrogens is 3. The number of para-hydroxylation sites is 1. The number of thioether (sulfide) groups is 1. The average Bonchev–Trinajstić information content (AvgIpc) is 3.16. The molecule has 152 valence electrons. The molecule has 2 heterocycles. The summed E-state index contributed by atoms with van der Waals surface area (Å²) < 4.78 is 7.58. The molecule has 0 radical (unpaired) electrons. The highest BCUT2D eigenvalue weighted by atomic mass is 32.2. The summed E-state index contributed by atoms with van der Waals surface area (Å²) in [6.45, 7) is 9.15. The molecule has 28 heavy (non-hydrogen) atoms. The second-order valence-electron chi connectivity index (χ2n) is 6.87. The Morgan fingerprint density at radius 3 is 2.71 bits per heavy atom. The molecule has 1 aliphatic rings. The zero-order valence-corrected chi connectivity index (χ0v) is 17.7. The summed E-state index contributed by atoms with van der Waals surface area (Å²) in [6, 6.07) is 8.48. The van der Waals surface area contributed by atoms with Crippen molar-refractivity contribution in [3.05, 3.63) is 29.8 Å². The summed E-state index contributed by atoms with van der Waals surface area (Å²) in [5.74, 6) is 1.15. The van der Waals surface area contributed by atoms with E-state index in [1.165, 1.54) is 17.3 Å². The van der Waals surface area contributed by atoms with Crippen LogP contribution in [0.15, 0.2) is 29.4 Å². The SMILES string of the molecule is CCc1ccccc1-n1c(SCC(=O)N[C@@H](C)CC)nnc1N1CCOCC1. The van der Waals surface area contributed by atoms with E-state index >= 15 is 0 Å². The Balaban J connectivity index is 1.89. The van der Waals surface area contributed by atoms with E-state index in [0.29, 0.717) is 19.0 Å². The van der Waals surface area contributed by atoms with E-state index in [1.807, 2.05) is 19.1 Å². The topological polar surface area (TPSA) is 72.3 Å². The molecule has 0 unspecified atom stereocenters. The first kappa shape index (κ1) is 20.7. The standard InChI is InChI=1S/C20H29N5O2S/c1-4-15(3)21-18(26)14-28-20-23-22-19(24-10-12-27-13-11-24)25(20)17-9-7-6-8-16(17)5-2/h6-9,15H,4-5,10-14H2,1-3H3,(H,21,26)/t15-/m0/s1. The quantitative estimate of drug-likeness (QED) is 0.683. The van der Waals surface area contributed by atoms with Crippen molar-refractivity contribution in [2.45, 2.75) is 44.8 Å². The lowest BCUT2D eigenvalue weighted by atomic mass is 10.1. The van der Waals surface area contributed by atoms with Crippen LogP contribution >= 0.6 is 11.8 Å². The summed E-state index contributed by atoms with van der Waals surface area (Å²) >= 11 is 1.43. The van der Waals surface area contributed by atoms with Crippen LogP contribution in [0.25, 0.3) is 5.69 Å². The predicted octanol–water partition coefficient (Wildman–Crippen LogP) is 2.67. The van der Waals surface area contributed by atoms with Crippen LogP contribution in [0.5, 0.6) is 0 Å². The molecule has 1 N–H and O–H groups in total. The Bertz CT molecular complexity index is 789. The minimum absolute atomic E-state index is 0.0191. The van der Waals surface area contributed by atoms with Crippen molar-refractivity contribution in [3.8, 4) is 5.69 Å². The zero-order chi connectivity index (χ0) is 19.9. The van der Waals surface area contributed by atoms with Crippen molar-refractivity contribution in [2.24, 2.45) is 0 Å². The number of nitrogens with one attached hydrogen (secondary N) is 1. The van der Waals surface area contributed by atoms with Gasteiger partial charge in [-0.15, -0.1) is 10.2 Å². The van der Waals surface area contributed by atoms with Crippen LogP contribution in [0.4, 0.5) is 5.95 Å². The van der Waals surface area contributed by atoms with Crippen LogP contribution in [-0.2, 0) is 16.0 Å². The molecule has 2 aromatic rings. The summed E-state index contributed by atoms with van der Waals surface area (Å²) in [5.41, 5.74) is 2.30. The number of morpholine rings is 1. The van der Waals surface area contributed by atoms with Crippen molar-refractivity contribution < 1.29 is 9.53 Å². The van der Waals surface area contributed by atoms with Crippen LogP contribution in [0, 0.1) is 0 Å². The maximum Gasteiger partial charge on any atom is 0.232 e. The van der Waals surface area contributed by atoms with Crippen molar-refractivity contribution in [1.82, 2.24) is 20.1 Å². The molecule has 1 aliphatic heterocycles. The van der Waals surface area contributed by atoms with Gasteiger partial charge < -0.3 is 15.0 Å². The molecule has 8 heteroatoms. The van der Waals surface area contributed by atoms with Gasteiger partial charge in [-0.2, -0.15) is 0 Å². The lowest BCUT2D eigenvalue weighted by Crippen LogP contribution is -2.38. The monoisotopic (exact) mass is 403 g/mol. The van der Waals surface area contributed by atoms with Gasteiger partial charge in [0.15, 0.2) is 5.16 Å². The molecule has 7 nitrogen and oxygen atoms in total. The van der Waals surface area contributed by atoms with Gasteiger partial charge in [-0.1, -0.05) is 43.8 Å². The highest BCUT2D eigenvalue weighted by Gasteiger charge is 2.23. The second kappa shape index (κ2) is 9.93. The van der Waals surface area contributed by atoms with Gasteiger partial charge in [0.2, 0.25) is 11.9 Å². The van der Waals surface area contributed by atoms with Crippen molar-refractivity contribution in [3.63, 3.8) is 0 Å². The Morgan fingerprint density at radius 1 is 1.25 bits per heavy atom. The van der Waals surface area contributed by atoms with Crippen LogP contribution in [0.2, 0.25) is 0 Å². The molecule has 0 bridgehead atoms. The molecule has 0 spiro atoms. The molecule has 0 saturated carbocycles. The summed E-state index contributed by atoms with van der Waals surface area (Å²) in [7, 11) is 0. The average molecular weight is 404 g/mol. The fourth-order valence-electron chi connectivity index (χ4n) is 3.11. The molecular formula is C20H29N5O2S. The number of hydrogen-bond acceptors (Lipinski definition) is 6. The van der Waals surface area contributed by atoms with Gasteiger partial charge in [0.25, 0.3) is 0 Å². The second-order valence-corrected chi connectivity index (χ2v) is 7.81. The summed E-state index contributed by atoms with van der Waals surface area (Å²) in [5, 5.41) is 12.7. The molecule has 1 atom stereocenters. The number of ether oxygens (including phenoxy) is 1. The molecule has 1 aromatic heterocycles. The van der Waals surface area contributed by atoms with Gasteiger partial charge in [0, 0.05) is 19.1 Å². The number of anilines is 1. The molecular weight excluding hydrogens is 374 g/mol. The first-order valence-electron chi connectivity index (χ1n) is 9.92. The highest BCUT2D eigenvalue weighted by molar-refractivity contribution is 7.99. The first-order chi connectivity index (χ1) is 13.6. The largest absolute Gasteiger partial charge is 0.378 e. The minimum atomic E-state index is 0.0191. The number of carbonyl (C=O) groups is 1. The third kappa shape index (κ3) is 4.86. The van der Waals surface area contributed by atoms with Crippen molar-refractivity contribution >= 4 is 23.6 Å². The maximum absolute atomic E-state index is 12.2. The van der Waals surface area contributed by atoms with Crippen molar-refractivity contribution in [2.75, 3.05) is 37.0 Å². The Kier molecular flexibility index (Phi) is 7.33. The molecule has 1 amide bonds. The highest BCUT2D eigenvalue weighted by Crippen LogP contribution is 2.29. The van der Waals surface area contributed by atoms with E-state index in [1.54, 1.807) is 0 Å². The van der Waals surface area contributed by atoms with Gasteiger partial charge >= 0.3 is 0 Å². The fraction of sp³-hybridized carbons (Fsp3) is 0.550. The lowest BCUT2D eigenvalue weighted by Gasteiger charge is -2.28. The minimum Gasteiger partial charge on any atom is -0.378 e. The van der Waals surface area contributed by atoms with Crippen molar-refractivity contribution in [1.29, 1.82) is 0 Å². The number of benzene rings is 1. The van der Waals surface area contributed by atoms with Gasteiger partial charge in [0.05, 0.1) is 24.7 Å². The smallest absolute Gasteiger partial charge is 0.232 e. The first-order valence-corrected chi connectivity index (χ1v) is 10.9. The maximum atomic E-state index is 12.2. The summed E-state index contributed by atoms with van der Waals surface area (Å²) in [6.07, 6.45) is 1.83. The number of nitrogens with zero attached hydrogens (tertiary/aromatic N) is 4. The number of aryl methyl sites for hydroxylation is 1. The molecule has 1 aromatic carbocycles. The third-order valence-electron chi connectivity index (χ3n) is 4.88. The number of rotatable bonds is 8. The molecule has 3 rings (SSSR count). The molecule has 1 fully saturated rings. The Hall–Kier alpha value is -2.06. The Labute approximate surface area is 170 Å².